The molecule has 2 aliphatic heterocycles. The summed E-state index contributed by atoms with van der Waals surface area (Å²) in [6.45, 7) is 3.72. The van der Waals surface area contributed by atoms with Crippen LogP contribution in [0.2, 0.25) is 0 Å². The lowest BCUT2D eigenvalue weighted by Crippen LogP contribution is -2.72. The molecule has 4 aliphatic carbocycles. The zero-order valence-electron chi connectivity index (χ0n) is 13.7. The van der Waals surface area contributed by atoms with E-state index in [2.05, 4.69) is 0 Å². The first-order valence-corrected chi connectivity index (χ1v) is 8.33. The lowest BCUT2D eigenvalue weighted by atomic mass is 9.38. The number of hydrogen-bond donors (Lipinski definition) is 2. The van der Waals surface area contributed by atoms with E-state index >= 15 is 0 Å². The van der Waals surface area contributed by atoms with Gasteiger partial charge < -0.3 is 19.7 Å². The van der Waals surface area contributed by atoms with Crippen LogP contribution < -0.4 is 0 Å². The van der Waals surface area contributed by atoms with Crippen LogP contribution in [0.25, 0.3) is 0 Å². The molecule has 1 unspecified atom stereocenters. The Morgan fingerprint density at radius 1 is 1.17 bits per heavy atom. The number of carbonyl (C=O) groups is 2. The van der Waals surface area contributed by atoms with Crippen molar-refractivity contribution in [3.05, 3.63) is 23.3 Å². The molecule has 2 N–H and O–H groups in total. The van der Waals surface area contributed by atoms with E-state index in [4.69, 9.17) is 9.47 Å². The predicted molar refractivity (Wildman–Crippen MR) is 80.9 cm³/mol. The number of allylic oxidation sites excluding steroid dienone is 1. The van der Waals surface area contributed by atoms with E-state index in [1.165, 1.54) is 0 Å². The van der Waals surface area contributed by atoms with Crippen molar-refractivity contribution < 1.29 is 29.3 Å². The summed E-state index contributed by atoms with van der Waals surface area (Å²) in [5.74, 6) is -0.800. The maximum absolute atomic E-state index is 13.3. The monoisotopic (exact) mass is 332 g/mol. The molecule has 0 aromatic heterocycles. The second-order valence-corrected chi connectivity index (χ2v) is 8.10. The molecule has 0 aromatic rings. The van der Waals surface area contributed by atoms with Crippen molar-refractivity contribution in [2.24, 2.45) is 22.7 Å². The summed E-state index contributed by atoms with van der Waals surface area (Å²) >= 11 is 0. The van der Waals surface area contributed by atoms with Crippen molar-refractivity contribution in [2.75, 3.05) is 26.4 Å². The van der Waals surface area contributed by atoms with Crippen molar-refractivity contribution in [1.82, 2.24) is 0 Å². The average Bonchev–Trinajstić information content (AvgIpc) is 3.45. The third-order valence-corrected chi connectivity index (χ3v) is 7.18. The zero-order valence-corrected chi connectivity index (χ0v) is 13.7. The van der Waals surface area contributed by atoms with Gasteiger partial charge in [-0.2, -0.15) is 0 Å². The number of aliphatic hydroxyl groups excluding tert-OH is 2. The third-order valence-electron chi connectivity index (χ3n) is 7.18. The Morgan fingerprint density at radius 3 is 2.29 bits per heavy atom. The van der Waals surface area contributed by atoms with Crippen LogP contribution in [-0.4, -0.2) is 59.4 Å². The molecule has 2 heterocycles. The number of aliphatic hydroxyl groups is 2. The average molecular weight is 332 g/mol. The third kappa shape index (κ3) is 1.23. The molecule has 1 saturated carbocycles. The van der Waals surface area contributed by atoms with E-state index in [-0.39, 0.29) is 35.6 Å². The molecule has 2 saturated heterocycles. The van der Waals surface area contributed by atoms with Gasteiger partial charge in [0.25, 0.3) is 0 Å². The van der Waals surface area contributed by atoms with Crippen LogP contribution in [0.3, 0.4) is 0 Å². The van der Waals surface area contributed by atoms with Gasteiger partial charge in [0, 0.05) is 22.8 Å². The molecule has 24 heavy (non-hydrogen) atoms. The van der Waals surface area contributed by atoms with Gasteiger partial charge in [-0.25, -0.2) is 0 Å². The number of epoxide rings is 2. The van der Waals surface area contributed by atoms with Gasteiger partial charge in [0.1, 0.15) is 0 Å². The highest BCUT2D eigenvalue weighted by atomic mass is 16.6. The van der Waals surface area contributed by atoms with Gasteiger partial charge in [0.15, 0.2) is 22.8 Å². The minimum Gasteiger partial charge on any atom is -0.395 e. The smallest absolute Gasteiger partial charge is 0.195 e. The molecule has 0 aromatic carbocycles. The van der Waals surface area contributed by atoms with Crippen molar-refractivity contribution in [1.29, 1.82) is 0 Å². The van der Waals surface area contributed by atoms with Crippen LogP contribution in [-0.2, 0) is 19.1 Å². The highest BCUT2D eigenvalue weighted by Crippen LogP contribution is 2.73. The first-order valence-electron chi connectivity index (χ1n) is 8.33. The number of rotatable bonds is 2. The molecule has 0 amide bonds. The molecule has 0 radical (unpaired) electrons. The van der Waals surface area contributed by atoms with E-state index in [0.29, 0.717) is 13.2 Å². The SMILES string of the molecule is CC1=CC2(CO)C(=O)[C@]3(CO3)[C@H]1[C@H]1[C@]2(C)C=C(CO)C(=O)[C@]12CO2. The first-order chi connectivity index (χ1) is 11.3. The molecule has 6 nitrogen and oxygen atoms in total. The van der Waals surface area contributed by atoms with Crippen molar-refractivity contribution in [3.8, 4) is 0 Å². The summed E-state index contributed by atoms with van der Waals surface area (Å²) in [5, 5.41) is 19.9. The molecular formula is C18H20O6. The number of carbonyl (C=O) groups excluding carboxylic acids is 2. The second kappa shape index (κ2) is 3.90. The number of Topliss-reactive ketones (excluding diaryl/α,β-unsaturated/α-hetero) is 2. The highest BCUT2D eigenvalue weighted by molar-refractivity contribution is 6.08. The minimum atomic E-state index is -1.15. The van der Waals surface area contributed by atoms with Gasteiger partial charge in [-0.15, -0.1) is 0 Å². The minimum absolute atomic E-state index is 0.106. The zero-order chi connectivity index (χ0) is 17.1. The van der Waals surface area contributed by atoms with Gasteiger partial charge in [-0.1, -0.05) is 24.6 Å². The molecule has 6 aliphatic rings. The normalized spacial score (nSPS) is 54.0. The molecule has 128 valence electrons. The predicted octanol–water partition coefficient (Wildman–Crippen LogP) is -0.214. The van der Waals surface area contributed by atoms with Crippen LogP contribution in [0.15, 0.2) is 23.3 Å². The van der Waals surface area contributed by atoms with E-state index in [1.807, 2.05) is 19.9 Å². The second-order valence-electron chi connectivity index (χ2n) is 8.10. The molecule has 2 spiro atoms. The van der Waals surface area contributed by atoms with E-state index < -0.39 is 28.6 Å². The summed E-state index contributed by atoms with van der Waals surface area (Å²) in [4.78, 5) is 26.2. The van der Waals surface area contributed by atoms with Gasteiger partial charge >= 0.3 is 0 Å². The van der Waals surface area contributed by atoms with Crippen molar-refractivity contribution in [2.45, 2.75) is 25.0 Å². The number of hydrogen-bond acceptors (Lipinski definition) is 6. The Morgan fingerprint density at radius 2 is 1.79 bits per heavy atom. The summed E-state index contributed by atoms with van der Waals surface area (Å²) < 4.78 is 11.3. The quantitative estimate of drug-likeness (QED) is 0.536. The fourth-order valence-corrected chi connectivity index (χ4v) is 5.98. The largest absolute Gasteiger partial charge is 0.395 e. The van der Waals surface area contributed by atoms with E-state index in [0.717, 1.165) is 5.57 Å². The Hall–Kier alpha value is -1.34. The molecule has 6 rings (SSSR count). The summed E-state index contributed by atoms with van der Waals surface area (Å²) in [6.07, 6.45) is 3.58. The van der Waals surface area contributed by atoms with Gasteiger partial charge in [-0.3, -0.25) is 9.59 Å². The van der Waals surface area contributed by atoms with Crippen LogP contribution in [0, 0.1) is 22.7 Å². The molecule has 2 bridgehead atoms. The summed E-state index contributed by atoms with van der Waals surface area (Å²) in [5.41, 5.74) is -2.60. The van der Waals surface area contributed by atoms with Crippen LogP contribution in [0.4, 0.5) is 0 Å². The Labute approximate surface area is 139 Å². The first kappa shape index (κ1) is 15.0. The maximum atomic E-state index is 13.3. The molecule has 6 atom stereocenters. The Bertz CT molecular complexity index is 755. The van der Waals surface area contributed by atoms with Gasteiger partial charge in [0.2, 0.25) is 0 Å². The number of ether oxygens (including phenoxy) is 2. The van der Waals surface area contributed by atoms with Crippen molar-refractivity contribution in [3.63, 3.8) is 0 Å². The summed E-state index contributed by atoms with van der Waals surface area (Å²) in [7, 11) is 0. The van der Waals surface area contributed by atoms with E-state index in [9.17, 15) is 19.8 Å². The van der Waals surface area contributed by atoms with Crippen molar-refractivity contribution >= 4 is 11.6 Å². The Balaban J connectivity index is 1.84. The van der Waals surface area contributed by atoms with E-state index in [1.54, 1.807) is 6.08 Å². The van der Waals surface area contributed by atoms with Crippen LogP contribution >= 0.6 is 0 Å². The standard InChI is InChI=1S/C18H20O6/c1-9-3-16(6-20)14(22)17(7-23-17)11(9)12-15(16,2)4-10(5-19)13(21)18(12)8-24-18/h3-4,11-12,19-20H,5-8H2,1-2H3/t11-,12+,15+,16?,17+,18+/m1/s1. The van der Waals surface area contributed by atoms with Crippen LogP contribution in [0.1, 0.15) is 13.8 Å². The fraction of sp³-hybridized carbons (Fsp3) is 0.667. The topological polar surface area (TPSA) is 99.7 Å². The lowest BCUT2D eigenvalue weighted by Gasteiger charge is -2.63. The molecular weight excluding hydrogens is 312 g/mol. The fourth-order valence-electron chi connectivity index (χ4n) is 5.98. The highest BCUT2D eigenvalue weighted by Gasteiger charge is 2.83. The van der Waals surface area contributed by atoms with Crippen LogP contribution in [0.5, 0.6) is 0 Å². The van der Waals surface area contributed by atoms with Gasteiger partial charge in [-0.05, 0) is 6.92 Å². The lowest BCUT2D eigenvalue weighted by molar-refractivity contribution is -0.169. The summed E-state index contributed by atoms with van der Waals surface area (Å²) in [6, 6.07) is 0. The maximum Gasteiger partial charge on any atom is 0.195 e. The van der Waals surface area contributed by atoms with Gasteiger partial charge in [0.05, 0.1) is 31.8 Å². The molecule has 6 heteroatoms. The Kier molecular flexibility index (Phi) is 2.43. The molecule has 3 fully saturated rings. The number of ketones is 2.